The molecule has 2 aromatic carbocycles. The van der Waals surface area contributed by atoms with Gasteiger partial charge in [-0.3, -0.25) is 4.79 Å². The van der Waals surface area contributed by atoms with Crippen molar-refractivity contribution in [3.8, 4) is 11.5 Å². The highest BCUT2D eigenvalue weighted by Gasteiger charge is 2.31. The number of nitrogens with zero attached hydrogens (tertiary/aromatic N) is 1. The summed E-state index contributed by atoms with van der Waals surface area (Å²) in [5.41, 5.74) is 1.08. The van der Waals surface area contributed by atoms with E-state index >= 15 is 0 Å². The van der Waals surface area contributed by atoms with Crippen LogP contribution in [0, 0.1) is 5.82 Å². The van der Waals surface area contributed by atoms with E-state index in [1.807, 2.05) is 0 Å². The number of halogens is 1. The van der Waals surface area contributed by atoms with E-state index < -0.39 is 6.03 Å². The zero-order chi connectivity index (χ0) is 19.4. The van der Waals surface area contributed by atoms with Crippen LogP contribution < -0.4 is 25.0 Å². The third-order valence-electron chi connectivity index (χ3n) is 4.26. The van der Waals surface area contributed by atoms with E-state index in [0.29, 0.717) is 29.4 Å². The maximum atomic E-state index is 13.0. The van der Waals surface area contributed by atoms with E-state index in [0.717, 1.165) is 0 Å². The number of hydrogen-bond donors (Lipinski definition) is 2. The van der Waals surface area contributed by atoms with Gasteiger partial charge in [0.05, 0.1) is 25.9 Å². The van der Waals surface area contributed by atoms with Crippen LogP contribution in [0.4, 0.5) is 20.6 Å². The Morgan fingerprint density at radius 2 is 1.89 bits per heavy atom. The number of carbonyl (C=O) groups excluding carboxylic acids is 2. The maximum Gasteiger partial charge on any atom is 0.319 e. The molecule has 3 amide bonds. The van der Waals surface area contributed by atoms with Gasteiger partial charge in [0, 0.05) is 24.7 Å². The number of urea groups is 1. The molecule has 0 bridgehead atoms. The van der Waals surface area contributed by atoms with Crippen molar-refractivity contribution in [3.63, 3.8) is 0 Å². The predicted molar refractivity (Wildman–Crippen MR) is 98.9 cm³/mol. The average molecular weight is 373 g/mol. The number of methoxy groups -OCH3 is 2. The Labute approximate surface area is 156 Å². The number of amides is 3. The number of ether oxygens (including phenoxy) is 2. The Kier molecular flexibility index (Phi) is 5.44. The Morgan fingerprint density at radius 3 is 2.56 bits per heavy atom. The van der Waals surface area contributed by atoms with E-state index in [1.54, 1.807) is 25.3 Å². The fraction of sp³-hybridized carbons (Fsp3) is 0.263. The quantitative estimate of drug-likeness (QED) is 0.845. The molecule has 2 aromatic rings. The fourth-order valence-corrected chi connectivity index (χ4v) is 2.92. The van der Waals surface area contributed by atoms with Crippen LogP contribution in [0.15, 0.2) is 42.5 Å². The van der Waals surface area contributed by atoms with Crippen molar-refractivity contribution in [1.29, 1.82) is 0 Å². The minimum Gasteiger partial charge on any atom is -0.497 e. The Hall–Kier alpha value is -3.29. The monoisotopic (exact) mass is 373 g/mol. The lowest BCUT2D eigenvalue weighted by Crippen LogP contribution is -2.39. The molecule has 0 unspecified atom stereocenters. The molecule has 1 fully saturated rings. The highest BCUT2D eigenvalue weighted by molar-refractivity contribution is 5.98. The number of anilines is 2. The molecular weight excluding hydrogens is 353 g/mol. The van der Waals surface area contributed by atoms with Crippen molar-refractivity contribution in [1.82, 2.24) is 5.32 Å². The summed E-state index contributed by atoms with van der Waals surface area (Å²) < 4.78 is 23.4. The van der Waals surface area contributed by atoms with Crippen LogP contribution in [0.1, 0.15) is 6.42 Å². The van der Waals surface area contributed by atoms with Crippen molar-refractivity contribution in [3.05, 3.63) is 48.3 Å². The first kappa shape index (κ1) is 18.5. The van der Waals surface area contributed by atoms with Gasteiger partial charge >= 0.3 is 6.03 Å². The van der Waals surface area contributed by atoms with Crippen LogP contribution in [0.3, 0.4) is 0 Å². The van der Waals surface area contributed by atoms with Crippen molar-refractivity contribution in [2.45, 2.75) is 12.5 Å². The Morgan fingerprint density at radius 1 is 1.15 bits per heavy atom. The summed E-state index contributed by atoms with van der Waals surface area (Å²) in [6, 6.07) is 9.90. The van der Waals surface area contributed by atoms with Crippen LogP contribution in [-0.4, -0.2) is 38.7 Å². The first-order valence-corrected chi connectivity index (χ1v) is 8.35. The van der Waals surface area contributed by atoms with Gasteiger partial charge in [0.2, 0.25) is 5.91 Å². The van der Waals surface area contributed by atoms with Gasteiger partial charge in [-0.2, -0.15) is 0 Å². The molecule has 142 valence electrons. The topological polar surface area (TPSA) is 79.9 Å². The molecule has 1 aliphatic rings. The van der Waals surface area contributed by atoms with E-state index in [1.165, 1.54) is 36.3 Å². The molecule has 1 saturated heterocycles. The lowest BCUT2D eigenvalue weighted by atomic mass is 10.2. The second-order valence-corrected chi connectivity index (χ2v) is 6.05. The number of hydrogen-bond acceptors (Lipinski definition) is 4. The first-order chi connectivity index (χ1) is 13.0. The molecule has 2 N–H and O–H groups in total. The fourth-order valence-electron chi connectivity index (χ4n) is 2.92. The molecule has 0 aliphatic carbocycles. The van der Waals surface area contributed by atoms with Crippen molar-refractivity contribution in [2.75, 3.05) is 31.0 Å². The molecule has 0 radical (unpaired) electrons. The lowest BCUT2D eigenvalue weighted by Gasteiger charge is -2.18. The van der Waals surface area contributed by atoms with E-state index in [4.69, 9.17) is 9.47 Å². The third kappa shape index (κ3) is 4.28. The summed E-state index contributed by atoms with van der Waals surface area (Å²) in [5, 5.41) is 5.48. The molecule has 1 atom stereocenters. The summed E-state index contributed by atoms with van der Waals surface area (Å²) in [5.74, 6) is 0.566. The molecule has 1 aliphatic heterocycles. The van der Waals surface area contributed by atoms with Crippen molar-refractivity contribution < 1.29 is 23.5 Å². The van der Waals surface area contributed by atoms with Gasteiger partial charge in [-0.05, 0) is 36.4 Å². The minimum absolute atomic E-state index is 0.131. The van der Waals surface area contributed by atoms with Crippen LogP contribution in [0.2, 0.25) is 0 Å². The van der Waals surface area contributed by atoms with Gasteiger partial charge in [0.1, 0.15) is 17.3 Å². The lowest BCUT2D eigenvalue weighted by molar-refractivity contribution is -0.117. The SMILES string of the molecule is COc1ccc(NC(=O)N[C@H]2CC(=O)N(c3ccc(F)cc3)C2)c(OC)c1. The van der Waals surface area contributed by atoms with Gasteiger partial charge < -0.3 is 25.0 Å². The minimum atomic E-state index is -0.447. The zero-order valence-corrected chi connectivity index (χ0v) is 15.0. The summed E-state index contributed by atoms with van der Waals surface area (Å²) >= 11 is 0. The predicted octanol–water partition coefficient (Wildman–Crippen LogP) is 2.77. The number of benzene rings is 2. The van der Waals surface area contributed by atoms with Crippen molar-refractivity contribution >= 4 is 23.3 Å². The van der Waals surface area contributed by atoms with Gasteiger partial charge in [-0.15, -0.1) is 0 Å². The van der Waals surface area contributed by atoms with E-state index in [9.17, 15) is 14.0 Å². The maximum absolute atomic E-state index is 13.0. The van der Waals surface area contributed by atoms with Gasteiger partial charge in [0.15, 0.2) is 0 Å². The summed E-state index contributed by atoms with van der Waals surface area (Å²) in [6.07, 6.45) is 0.171. The molecule has 27 heavy (non-hydrogen) atoms. The van der Waals surface area contributed by atoms with Gasteiger partial charge in [-0.25, -0.2) is 9.18 Å². The first-order valence-electron chi connectivity index (χ1n) is 8.35. The van der Waals surface area contributed by atoms with Crippen LogP contribution >= 0.6 is 0 Å². The molecule has 0 aromatic heterocycles. The second kappa shape index (κ2) is 7.94. The summed E-state index contributed by atoms with van der Waals surface area (Å²) in [6.45, 7) is 0.317. The van der Waals surface area contributed by atoms with Crippen LogP contribution in [0.5, 0.6) is 11.5 Å². The molecule has 0 spiro atoms. The Balaban J connectivity index is 1.62. The largest absolute Gasteiger partial charge is 0.497 e. The summed E-state index contributed by atoms with van der Waals surface area (Å²) in [4.78, 5) is 26.0. The van der Waals surface area contributed by atoms with Crippen LogP contribution in [-0.2, 0) is 4.79 Å². The zero-order valence-electron chi connectivity index (χ0n) is 15.0. The third-order valence-corrected chi connectivity index (χ3v) is 4.26. The van der Waals surface area contributed by atoms with Gasteiger partial charge in [0.25, 0.3) is 0 Å². The van der Waals surface area contributed by atoms with Gasteiger partial charge in [-0.1, -0.05) is 0 Å². The highest BCUT2D eigenvalue weighted by Crippen LogP contribution is 2.29. The molecule has 3 rings (SSSR count). The number of rotatable bonds is 5. The molecule has 1 heterocycles. The highest BCUT2D eigenvalue weighted by atomic mass is 19.1. The normalized spacial score (nSPS) is 16.2. The Bertz CT molecular complexity index is 841. The number of carbonyl (C=O) groups is 2. The molecule has 8 heteroatoms. The van der Waals surface area contributed by atoms with Crippen LogP contribution in [0.25, 0.3) is 0 Å². The number of nitrogens with one attached hydrogen (secondary N) is 2. The molecule has 7 nitrogen and oxygen atoms in total. The summed E-state index contributed by atoms with van der Waals surface area (Å²) in [7, 11) is 3.03. The van der Waals surface area contributed by atoms with E-state index in [-0.39, 0.29) is 24.2 Å². The van der Waals surface area contributed by atoms with Crippen molar-refractivity contribution in [2.24, 2.45) is 0 Å². The smallest absolute Gasteiger partial charge is 0.319 e. The second-order valence-electron chi connectivity index (χ2n) is 6.05. The van der Waals surface area contributed by atoms with E-state index in [2.05, 4.69) is 10.6 Å². The molecule has 0 saturated carbocycles. The molecular formula is C19H20FN3O4. The average Bonchev–Trinajstić information content (AvgIpc) is 3.02. The standard InChI is InChI=1S/C19H20FN3O4/c1-26-15-7-8-16(17(10-15)27-2)22-19(25)21-13-9-18(24)23(11-13)14-5-3-12(20)4-6-14/h3-8,10,13H,9,11H2,1-2H3,(H2,21,22,25)/t13-/m0/s1.